The molecule has 1 unspecified atom stereocenters. The number of aliphatic hydroxyl groups is 1. The van der Waals surface area contributed by atoms with Crippen LogP contribution >= 0.6 is 0 Å². The predicted molar refractivity (Wildman–Crippen MR) is 62.6 cm³/mol. The summed E-state index contributed by atoms with van der Waals surface area (Å²) in [4.78, 5) is 21.4. The lowest BCUT2D eigenvalue weighted by atomic mass is 10.2. The average molecular weight is 246 g/mol. The Morgan fingerprint density at radius 3 is 2.35 bits per heavy atom. The van der Waals surface area contributed by atoms with Gasteiger partial charge in [-0.1, -0.05) is 0 Å². The minimum Gasteiger partial charge on any atom is -0.481 e. The fourth-order valence-electron chi connectivity index (χ4n) is 1.35. The van der Waals surface area contributed by atoms with Crippen LogP contribution in [-0.4, -0.2) is 34.9 Å². The second-order valence-electron chi connectivity index (χ2n) is 4.17. The number of hydrogen-bond donors (Lipinski definition) is 2. The Balaban J connectivity index is 3.26. The van der Waals surface area contributed by atoms with Crippen molar-refractivity contribution in [2.45, 2.75) is 58.0 Å². The number of ether oxygens (including phenoxy) is 1. The first-order chi connectivity index (χ1) is 8.02. The number of carbonyl (C=O) groups is 2. The molecule has 1 atom stereocenters. The third kappa shape index (κ3) is 12.8. The summed E-state index contributed by atoms with van der Waals surface area (Å²) in [6, 6.07) is 0. The molecule has 17 heavy (non-hydrogen) atoms. The Morgan fingerprint density at radius 2 is 1.76 bits per heavy atom. The lowest BCUT2D eigenvalue weighted by molar-refractivity contribution is -0.144. The maximum atomic E-state index is 11.2. The molecule has 0 saturated carbocycles. The molecule has 0 saturated heterocycles. The highest BCUT2D eigenvalue weighted by Gasteiger charge is 2.04. The van der Waals surface area contributed by atoms with E-state index >= 15 is 0 Å². The molecule has 0 aliphatic heterocycles. The van der Waals surface area contributed by atoms with E-state index < -0.39 is 5.97 Å². The molecule has 2 N–H and O–H groups in total. The van der Waals surface area contributed by atoms with Crippen LogP contribution in [0.4, 0.5) is 0 Å². The fourth-order valence-corrected chi connectivity index (χ4v) is 1.35. The Morgan fingerprint density at radius 1 is 1.12 bits per heavy atom. The zero-order valence-corrected chi connectivity index (χ0v) is 10.4. The maximum absolute atomic E-state index is 11.2. The van der Waals surface area contributed by atoms with E-state index in [9.17, 15) is 9.59 Å². The van der Waals surface area contributed by atoms with Gasteiger partial charge in [0.15, 0.2) is 0 Å². The molecule has 0 aliphatic rings. The van der Waals surface area contributed by atoms with Gasteiger partial charge in [-0.2, -0.15) is 0 Å². The van der Waals surface area contributed by atoms with Gasteiger partial charge in [-0.15, -0.1) is 0 Å². The highest BCUT2D eigenvalue weighted by atomic mass is 16.5. The average Bonchev–Trinajstić information content (AvgIpc) is 2.23. The summed E-state index contributed by atoms with van der Waals surface area (Å²) in [6.07, 6.45) is 3.45. The van der Waals surface area contributed by atoms with Gasteiger partial charge in [0.25, 0.3) is 0 Å². The molecule has 0 fully saturated rings. The fraction of sp³-hybridized carbons (Fsp3) is 0.833. The molecule has 0 aromatic carbocycles. The first kappa shape index (κ1) is 15.9. The molecule has 0 aliphatic carbocycles. The van der Waals surface area contributed by atoms with Crippen molar-refractivity contribution in [2.24, 2.45) is 0 Å². The van der Waals surface area contributed by atoms with Gasteiger partial charge in [-0.3, -0.25) is 9.59 Å². The van der Waals surface area contributed by atoms with Crippen LogP contribution in [0.15, 0.2) is 0 Å². The van der Waals surface area contributed by atoms with Crippen LogP contribution in [0.5, 0.6) is 0 Å². The van der Waals surface area contributed by atoms with E-state index in [1.807, 2.05) is 0 Å². The number of carboxylic acids is 1. The van der Waals surface area contributed by atoms with Crippen LogP contribution < -0.4 is 0 Å². The van der Waals surface area contributed by atoms with Crippen LogP contribution in [0, 0.1) is 0 Å². The molecule has 0 amide bonds. The summed E-state index contributed by atoms with van der Waals surface area (Å²) in [7, 11) is 0. The van der Waals surface area contributed by atoms with E-state index in [1.165, 1.54) is 0 Å². The quantitative estimate of drug-likeness (QED) is 0.453. The first-order valence-electron chi connectivity index (χ1n) is 6.08. The third-order valence-electron chi connectivity index (χ3n) is 2.30. The molecular weight excluding hydrogens is 224 g/mol. The monoisotopic (exact) mass is 246 g/mol. The van der Waals surface area contributed by atoms with Crippen LogP contribution in [-0.2, 0) is 14.3 Å². The van der Waals surface area contributed by atoms with E-state index in [1.54, 1.807) is 6.92 Å². The minimum absolute atomic E-state index is 0.0989. The molecule has 0 bridgehead atoms. The van der Waals surface area contributed by atoms with Gasteiger partial charge < -0.3 is 14.9 Å². The number of unbranched alkanes of at least 4 members (excludes halogenated alkanes) is 2. The SMILES string of the molecule is CC(O)CCCCOC(=O)CCCCC(=O)O. The van der Waals surface area contributed by atoms with E-state index in [-0.39, 0.29) is 24.9 Å². The third-order valence-corrected chi connectivity index (χ3v) is 2.30. The topological polar surface area (TPSA) is 83.8 Å². The number of aliphatic carboxylic acids is 1. The van der Waals surface area contributed by atoms with E-state index in [0.29, 0.717) is 19.4 Å². The van der Waals surface area contributed by atoms with Gasteiger partial charge in [-0.05, 0) is 39.0 Å². The lowest BCUT2D eigenvalue weighted by Gasteiger charge is -2.05. The van der Waals surface area contributed by atoms with Crippen molar-refractivity contribution >= 4 is 11.9 Å². The number of hydrogen-bond acceptors (Lipinski definition) is 4. The number of carbonyl (C=O) groups excluding carboxylic acids is 1. The zero-order chi connectivity index (χ0) is 13.1. The summed E-state index contributed by atoms with van der Waals surface area (Å²) < 4.78 is 4.96. The van der Waals surface area contributed by atoms with Crippen molar-refractivity contribution in [3.8, 4) is 0 Å². The lowest BCUT2D eigenvalue weighted by Crippen LogP contribution is -2.07. The van der Waals surface area contributed by atoms with Crippen LogP contribution in [0.1, 0.15) is 51.9 Å². The highest BCUT2D eigenvalue weighted by molar-refractivity contribution is 5.69. The molecular formula is C12H22O5. The standard InChI is InChI=1S/C12H22O5/c1-10(13)6-4-5-9-17-12(16)8-3-2-7-11(14)15/h10,13H,2-9H2,1H3,(H,14,15). The molecule has 5 heteroatoms. The van der Waals surface area contributed by atoms with Crippen LogP contribution in [0.3, 0.4) is 0 Å². The Bertz CT molecular complexity index is 225. The van der Waals surface area contributed by atoms with Crippen molar-refractivity contribution in [3.05, 3.63) is 0 Å². The van der Waals surface area contributed by atoms with Gasteiger partial charge >= 0.3 is 11.9 Å². The highest BCUT2D eigenvalue weighted by Crippen LogP contribution is 2.04. The van der Waals surface area contributed by atoms with Crippen LogP contribution in [0.25, 0.3) is 0 Å². The summed E-state index contributed by atoms with van der Waals surface area (Å²) in [5.41, 5.74) is 0. The number of carboxylic acid groups (broad SMARTS) is 1. The number of esters is 1. The second-order valence-corrected chi connectivity index (χ2v) is 4.17. The van der Waals surface area contributed by atoms with Gasteiger partial charge in [-0.25, -0.2) is 0 Å². The summed E-state index contributed by atoms with van der Waals surface area (Å²) in [5, 5.41) is 17.4. The van der Waals surface area contributed by atoms with Crippen molar-refractivity contribution in [1.29, 1.82) is 0 Å². The Kier molecular flexibility index (Phi) is 9.43. The molecule has 0 aromatic heterocycles. The molecule has 100 valence electrons. The van der Waals surface area contributed by atoms with Crippen molar-refractivity contribution in [1.82, 2.24) is 0 Å². The zero-order valence-electron chi connectivity index (χ0n) is 10.4. The Hall–Kier alpha value is -1.10. The smallest absolute Gasteiger partial charge is 0.305 e. The van der Waals surface area contributed by atoms with Crippen LogP contribution in [0.2, 0.25) is 0 Å². The minimum atomic E-state index is -0.837. The number of rotatable bonds is 10. The molecule has 0 rings (SSSR count). The summed E-state index contributed by atoms with van der Waals surface area (Å²) in [5.74, 6) is -1.11. The molecule has 0 radical (unpaired) electrons. The molecule has 0 heterocycles. The van der Waals surface area contributed by atoms with Gasteiger partial charge in [0.1, 0.15) is 0 Å². The molecule has 0 spiro atoms. The van der Waals surface area contributed by atoms with E-state index in [4.69, 9.17) is 14.9 Å². The second kappa shape index (κ2) is 10.1. The largest absolute Gasteiger partial charge is 0.481 e. The normalized spacial score (nSPS) is 12.1. The molecule has 5 nitrogen and oxygen atoms in total. The van der Waals surface area contributed by atoms with Crippen molar-refractivity contribution in [2.75, 3.05) is 6.61 Å². The number of aliphatic hydroxyl groups excluding tert-OH is 1. The maximum Gasteiger partial charge on any atom is 0.305 e. The Labute approximate surface area is 102 Å². The predicted octanol–water partition coefficient (Wildman–Crippen LogP) is 1.73. The summed E-state index contributed by atoms with van der Waals surface area (Å²) in [6.45, 7) is 2.11. The van der Waals surface area contributed by atoms with Crippen molar-refractivity contribution in [3.63, 3.8) is 0 Å². The summed E-state index contributed by atoms with van der Waals surface area (Å²) >= 11 is 0. The van der Waals surface area contributed by atoms with Gasteiger partial charge in [0.2, 0.25) is 0 Å². The van der Waals surface area contributed by atoms with E-state index in [2.05, 4.69) is 0 Å². The molecule has 0 aromatic rings. The van der Waals surface area contributed by atoms with Gasteiger partial charge in [0.05, 0.1) is 12.7 Å². The van der Waals surface area contributed by atoms with Gasteiger partial charge in [0, 0.05) is 12.8 Å². The van der Waals surface area contributed by atoms with E-state index in [0.717, 1.165) is 19.3 Å². The van der Waals surface area contributed by atoms with Crippen molar-refractivity contribution < 1.29 is 24.5 Å². The first-order valence-corrected chi connectivity index (χ1v) is 6.08.